The Balaban J connectivity index is 4.58. The van der Waals surface area contributed by atoms with Gasteiger partial charge in [0.2, 0.25) is 0 Å². The van der Waals surface area contributed by atoms with Crippen molar-refractivity contribution in [3.63, 3.8) is 0 Å². The second-order valence-corrected chi connectivity index (χ2v) is 26.5. The van der Waals surface area contributed by atoms with Gasteiger partial charge in [0.05, 0.1) is 26.4 Å². The monoisotopic (exact) mass is 1390 g/mol. The molecular weight excluding hydrogens is 1270 g/mol. The molecule has 0 bridgehead atoms. The highest BCUT2D eigenvalue weighted by molar-refractivity contribution is 7.47. The minimum atomic E-state index is -4.95. The maximum absolute atomic E-state index is 12.9. The second kappa shape index (κ2) is 70.8. The van der Waals surface area contributed by atoms with E-state index in [-0.39, 0.29) is 19.3 Å². The van der Waals surface area contributed by atoms with Gasteiger partial charge in [-0.15, -0.1) is 0 Å². The Labute approximate surface area is 586 Å². The number of allylic oxidation sites excluding steroid dienone is 28. The first-order valence-electron chi connectivity index (χ1n) is 36.4. The lowest BCUT2D eigenvalue weighted by atomic mass is 10.1. The third-order valence-corrected chi connectivity index (χ3v) is 16.3. The van der Waals surface area contributed by atoms with Crippen LogP contribution in [0, 0.1) is 0 Å². The molecular formula is C79H128O16P2. The summed E-state index contributed by atoms with van der Waals surface area (Å²) in [5.74, 6) is -1.71. The smallest absolute Gasteiger partial charge is 0.463 e. The summed E-state index contributed by atoms with van der Waals surface area (Å²) in [7, 11) is -9.82. The van der Waals surface area contributed by atoms with Gasteiger partial charge in [-0.25, -0.2) is 9.13 Å². The molecule has 97 heavy (non-hydrogen) atoms. The Kier molecular flexibility index (Phi) is 67.0. The largest absolute Gasteiger partial charge is 0.472 e. The number of aliphatic hydroxyl groups is 2. The van der Waals surface area contributed by atoms with E-state index in [9.17, 15) is 43.5 Å². The summed E-state index contributed by atoms with van der Waals surface area (Å²) >= 11 is 0. The number of carbonyl (C=O) groups excluding carboxylic acids is 3. The zero-order chi connectivity index (χ0) is 70.9. The van der Waals surface area contributed by atoms with E-state index in [4.69, 9.17) is 32.3 Å². The van der Waals surface area contributed by atoms with E-state index in [1.807, 2.05) is 18.2 Å². The summed E-state index contributed by atoms with van der Waals surface area (Å²) in [5.41, 5.74) is 0. The third-order valence-electron chi connectivity index (χ3n) is 14.4. The Morgan fingerprint density at radius 2 is 0.567 bits per heavy atom. The normalized spacial score (nSPS) is 15.1. The number of hydrogen-bond donors (Lipinski definition) is 4. The highest BCUT2D eigenvalue weighted by Gasteiger charge is 2.29. The van der Waals surface area contributed by atoms with Crippen LogP contribution in [0.4, 0.5) is 0 Å². The third kappa shape index (κ3) is 72.0. The van der Waals surface area contributed by atoms with Gasteiger partial charge in [0.1, 0.15) is 25.4 Å². The van der Waals surface area contributed by atoms with Crippen LogP contribution < -0.4 is 0 Å². The van der Waals surface area contributed by atoms with Crippen LogP contribution in [0.5, 0.6) is 0 Å². The van der Waals surface area contributed by atoms with Crippen LogP contribution in [0.2, 0.25) is 0 Å². The lowest BCUT2D eigenvalue weighted by Crippen LogP contribution is -2.30. The number of phosphoric acid groups is 2. The number of carbonyl (C=O) groups is 3. The number of rotatable bonds is 67. The Hall–Kier alpha value is -5.09. The van der Waals surface area contributed by atoms with Crippen molar-refractivity contribution < 1.29 is 75.8 Å². The second-order valence-electron chi connectivity index (χ2n) is 23.6. The Bertz CT molecular complexity index is 2440. The molecule has 550 valence electrons. The molecule has 0 fully saturated rings. The summed E-state index contributed by atoms with van der Waals surface area (Å²) in [4.78, 5) is 58.4. The van der Waals surface area contributed by atoms with Gasteiger partial charge in [-0.2, -0.15) is 0 Å². The first kappa shape index (κ1) is 91.9. The zero-order valence-electron chi connectivity index (χ0n) is 59.7. The highest BCUT2D eigenvalue weighted by Crippen LogP contribution is 2.45. The lowest BCUT2D eigenvalue weighted by molar-refractivity contribution is -0.161. The lowest BCUT2D eigenvalue weighted by Gasteiger charge is -2.21. The predicted molar refractivity (Wildman–Crippen MR) is 398 cm³/mol. The van der Waals surface area contributed by atoms with Gasteiger partial charge in [0.15, 0.2) is 6.10 Å². The first-order chi connectivity index (χ1) is 47.2. The van der Waals surface area contributed by atoms with E-state index in [1.165, 1.54) is 32.1 Å². The van der Waals surface area contributed by atoms with Crippen molar-refractivity contribution in [2.75, 3.05) is 39.6 Å². The zero-order valence-corrected chi connectivity index (χ0v) is 61.5. The standard InChI is InChI=1S/C79H128O16P2/c1-4-7-10-13-16-19-22-25-27-29-31-32-33-34-35-36-37-38-39-40-42-44-45-48-50-53-56-59-62-65-77(82)89-68-74(80)69-91-96(85,86)92-70-75(81)71-93-97(87,88)94-73-76(95-79(84)67-64-61-58-55-52-47-24-21-18-15-12-9-6-3)72-90-78(83)66-63-60-57-54-51-49-46-43-41-30-28-26-23-20-17-14-11-8-5-2/h7-8,10-12,15-17,19-21,24-28,31-32,34-35,37-38,41,43,49,51,57,60,74-76,80-81H,4-6,9,13-14,18,22-23,29-30,33,36,39-40,42,44-48,50,52-56,58-59,61-73H2,1-3H3,(H,85,86)(H,87,88)/b10-7-,11-8-,15-12-,19-16-,20-17-,24-21-,27-25-,28-26-,32-31-,35-34-,38-37-,43-41-,51-49-,60-57-. The van der Waals surface area contributed by atoms with Crippen LogP contribution in [0.1, 0.15) is 252 Å². The predicted octanol–water partition coefficient (Wildman–Crippen LogP) is 20.9. The van der Waals surface area contributed by atoms with Gasteiger partial charge in [-0.3, -0.25) is 32.5 Å². The Morgan fingerprint density at radius 3 is 0.928 bits per heavy atom. The average molecular weight is 1400 g/mol. The number of ether oxygens (including phenoxy) is 3. The van der Waals surface area contributed by atoms with Crippen molar-refractivity contribution in [3.05, 3.63) is 170 Å². The molecule has 0 heterocycles. The van der Waals surface area contributed by atoms with Gasteiger partial charge in [-0.05, 0) is 135 Å². The van der Waals surface area contributed by atoms with E-state index in [0.29, 0.717) is 25.7 Å². The molecule has 0 rings (SSSR count). The molecule has 0 saturated heterocycles. The van der Waals surface area contributed by atoms with Crippen LogP contribution in [0.15, 0.2) is 170 Å². The van der Waals surface area contributed by atoms with Crippen molar-refractivity contribution in [1.82, 2.24) is 0 Å². The number of unbranched alkanes of at least 4 members (excludes halogenated alkanes) is 16. The van der Waals surface area contributed by atoms with Crippen molar-refractivity contribution in [2.45, 2.75) is 270 Å². The van der Waals surface area contributed by atoms with Gasteiger partial charge >= 0.3 is 33.6 Å². The summed E-state index contributed by atoms with van der Waals surface area (Å²) < 4.78 is 60.8. The molecule has 0 aromatic carbocycles. The Morgan fingerprint density at radius 1 is 0.299 bits per heavy atom. The highest BCUT2D eigenvalue weighted by atomic mass is 31.2. The molecule has 5 atom stereocenters. The molecule has 0 amide bonds. The van der Waals surface area contributed by atoms with Crippen LogP contribution >= 0.6 is 15.6 Å². The van der Waals surface area contributed by atoms with Crippen molar-refractivity contribution in [3.8, 4) is 0 Å². The van der Waals surface area contributed by atoms with E-state index in [0.717, 1.165) is 154 Å². The fourth-order valence-corrected chi connectivity index (χ4v) is 10.5. The molecule has 0 aromatic rings. The number of hydrogen-bond acceptors (Lipinski definition) is 14. The fourth-order valence-electron chi connectivity index (χ4n) is 8.93. The van der Waals surface area contributed by atoms with Crippen molar-refractivity contribution in [1.29, 1.82) is 0 Å². The molecule has 0 aliphatic heterocycles. The minimum Gasteiger partial charge on any atom is -0.463 e. The quantitative estimate of drug-likeness (QED) is 0.0146. The van der Waals surface area contributed by atoms with E-state index < -0.39 is 91.5 Å². The van der Waals surface area contributed by atoms with Crippen LogP contribution in [-0.2, 0) is 55.8 Å². The molecule has 0 aromatic heterocycles. The molecule has 5 unspecified atom stereocenters. The maximum Gasteiger partial charge on any atom is 0.472 e. The molecule has 18 heteroatoms. The number of phosphoric ester groups is 2. The van der Waals surface area contributed by atoms with E-state index in [1.54, 1.807) is 0 Å². The van der Waals surface area contributed by atoms with Crippen molar-refractivity contribution >= 4 is 33.6 Å². The fraction of sp³-hybridized carbons (Fsp3) is 0.608. The number of esters is 3. The van der Waals surface area contributed by atoms with E-state index in [2.05, 4.69) is 173 Å². The first-order valence-corrected chi connectivity index (χ1v) is 39.4. The topological polar surface area (TPSA) is 231 Å². The molecule has 0 saturated carbocycles. The van der Waals surface area contributed by atoms with Gasteiger partial charge in [-0.1, -0.05) is 268 Å². The summed E-state index contributed by atoms with van der Waals surface area (Å²) in [5, 5.41) is 20.6. The van der Waals surface area contributed by atoms with Gasteiger partial charge in [0.25, 0.3) is 0 Å². The van der Waals surface area contributed by atoms with E-state index >= 15 is 0 Å². The SMILES string of the molecule is CC/C=C\C/C=C\C/C=C\C/C=C\C/C=C\C/C=C\CCCCCCCCCCCCC(=O)OCC(O)COP(=O)(O)OCC(O)COP(=O)(O)OCC(COC(=O)CC/C=C\C/C=C\C/C=C\C/C=C\C/C=C\C/C=C\CC)OC(=O)CCCCCCC/C=C\C/C=C\CCC. The van der Waals surface area contributed by atoms with Crippen LogP contribution in [0.25, 0.3) is 0 Å². The van der Waals surface area contributed by atoms with Crippen LogP contribution in [0.3, 0.4) is 0 Å². The molecule has 4 N–H and O–H groups in total. The summed E-state index contributed by atoms with van der Waals surface area (Å²) in [6.45, 7) is 2.24. The molecule has 0 spiro atoms. The summed E-state index contributed by atoms with van der Waals surface area (Å²) in [6.07, 6.45) is 88.6. The average Bonchev–Trinajstić information content (AvgIpc) is 1.64. The van der Waals surface area contributed by atoms with Crippen molar-refractivity contribution in [2.24, 2.45) is 0 Å². The van der Waals surface area contributed by atoms with Gasteiger partial charge < -0.3 is 34.2 Å². The van der Waals surface area contributed by atoms with Crippen LogP contribution in [-0.4, -0.2) is 95.9 Å². The molecule has 0 radical (unpaired) electrons. The number of aliphatic hydroxyl groups excluding tert-OH is 2. The molecule has 0 aliphatic carbocycles. The molecule has 16 nitrogen and oxygen atoms in total. The maximum atomic E-state index is 12.9. The minimum absolute atomic E-state index is 0.0366. The summed E-state index contributed by atoms with van der Waals surface area (Å²) in [6, 6.07) is 0. The van der Waals surface area contributed by atoms with Gasteiger partial charge in [0, 0.05) is 19.3 Å². The molecule has 0 aliphatic rings.